The first-order chi connectivity index (χ1) is 7.36. The largest absolute Gasteiger partial charge is 0.325 e. The first-order valence-electron chi connectivity index (χ1n) is 7.15. The highest BCUT2D eigenvalue weighted by atomic mass is 14.8. The Morgan fingerprint density at radius 2 is 1.94 bits per heavy atom. The Labute approximate surface area is 101 Å². The van der Waals surface area contributed by atoms with E-state index in [0.29, 0.717) is 5.41 Å². The molecule has 0 aliphatic heterocycles. The number of nitrogens with two attached hydrogens (primary N) is 1. The summed E-state index contributed by atoms with van der Waals surface area (Å²) in [4.78, 5) is 0. The minimum Gasteiger partial charge on any atom is -0.325 e. The summed E-state index contributed by atoms with van der Waals surface area (Å²) in [7, 11) is 0. The van der Waals surface area contributed by atoms with Crippen LogP contribution < -0.4 is 5.73 Å². The Morgan fingerprint density at radius 3 is 2.44 bits per heavy atom. The van der Waals surface area contributed by atoms with E-state index >= 15 is 0 Å². The standard InChI is InChI=1S/C15H29N/c1-5-15(16)8-12-6-13(11(2)3)9-14(4,7-12)10-15/h11-13H,5-10,16H2,1-4H3. The van der Waals surface area contributed by atoms with Crippen LogP contribution in [0.4, 0.5) is 0 Å². The normalized spacial score (nSPS) is 48.4. The molecule has 0 aromatic carbocycles. The molecule has 0 aromatic rings. The highest BCUT2D eigenvalue weighted by Gasteiger charge is 2.47. The van der Waals surface area contributed by atoms with Gasteiger partial charge in [0.1, 0.15) is 0 Å². The molecule has 2 saturated carbocycles. The van der Waals surface area contributed by atoms with Crippen molar-refractivity contribution < 1.29 is 0 Å². The molecule has 16 heavy (non-hydrogen) atoms. The summed E-state index contributed by atoms with van der Waals surface area (Å²) in [5.41, 5.74) is 7.25. The van der Waals surface area contributed by atoms with Gasteiger partial charge in [-0.3, -0.25) is 0 Å². The molecule has 0 saturated heterocycles. The Hall–Kier alpha value is -0.0400. The van der Waals surface area contributed by atoms with E-state index in [1.165, 1.54) is 32.1 Å². The first kappa shape index (κ1) is 12.4. The van der Waals surface area contributed by atoms with Crippen LogP contribution in [-0.4, -0.2) is 5.54 Å². The van der Waals surface area contributed by atoms with Gasteiger partial charge in [0.25, 0.3) is 0 Å². The van der Waals surface area contributed by atoms with Gasteiger partial charge in [-0.15, -0.1) is 0 Å². The van der Waals surface area contributed by atoms with E-state index in [2.05, 4.69) is 27.7 Å². The third-order valence-electron chi connectivity index (χ3n) is 5.29. The van der Waals surface area contributed by atoms with Crippen LogP contribution in [0.5, 0.6) is 0 Å². The van der Waals surface area contributed by atoms with Gasteiger partial charge in [-0.05, 0) is 61.7 Å². The lowest BCUT2D eigenvalue weighted by Gasteiger charge is -2.54. The number of rotatable bonds is 2. The second-order valence-corrected chi connectivity index (χ2v) is 7.42. The molecule has 2 fully saturated rings. The van der Waals surface area contributed by atoms with Crippen LogP contribution in [0.25, 0.3) is 0 Å². The molecule has 0 aromatic heterocycles. The smallest absolute Gasteiger partial charge is 0.0159 e. The Kier molecular flexibility index (Phi) is 3.11. The van der Waals surface area contributed by atoms with Crippen molar-refractivity contribution in [3.05, 3.63) is 0 Å². The molecule has 0 radical (unpaired) electrons. The van der Waals surface area contributed by atoms with Gasteiger partial charge in [0, 0.05) is 5.54 Å². The third kappa shape index (κ3) is 2.30. The van der Waals surface area contributed by atoms with Gasteiger partial charge in [0.05, 0.1) is 0 Å². The molecule has 2 bridgehead atoms. The molecule has 4 unspecified atom stereocenters. The van der Waals surface area contributed by atoms with Crippen molar-refractivity contribution in [1.82, 2.24) is 0 Å². The van der Waals surface area contributed by atoms with Gasteiger partial charge >= 0.3 is 0 Å². The average Bonchev–Trinajstić information content (AvgIpc) is 2.14. The minimum atomic E-state index is 0.152. The van der Waals surface area contributed by atoms with E-state index in [4.69, 9.17) is 5.73 Å². The second kappa shape index (κ2) is 4.01. The Morgan fingerprint density at radius 1 is 1.25 bits per heavy atom. The molecule has 2 N–H and O–H groups in total. The molecule has 4 atom stereocenters. The van der Waals surface area contributed by atoms with Gasteiger partial charge < -0.3 is 5.73 Å². The van der Waals surface area contributed by atoms with Gasteiger partial charge in [0.2, 0.25) is 0 Å². The molecular weight excluding hydrogens is 194 g/mol. The first-order valence-corrected chi connectivity index (χ1v) is 7.15. The highest BCUT2D eigenvalue weighted by molar-refractivity contribution is 5.02. The molecule has 0 heterocycles. The lowest BCUT2D eigenvalue weighted by atomic mass is 9.53. The van der Waals surface area contributed by atoms with Crippen molar-refractivity contribution in [2.24, 2.45) is 28.9 Å². The van der Waals surface area contributed by atoms with Gasteiger partial charge in [-0.25, -0.2) is 0 Å². The summed E-state index contributed by atoms with van der Waals surface area (Å²) in [6.45, 7) is 9.55. The van der Waals surface area contributed by atoms with Crippen LogP contribution >= 0.6 is 0 Å². The van der Waals surface area contributed by atoms with Crippen molar-refractivity contribution in [1.29, 1.82) is 0 Å². The topological polar surface area (TPSA) is 26.0 Å². The maximum Gasteiger partial charge on any atom is 0.0159 e. The SMILES string of the molecule is CCC1(N)CC2CC(C(C)C)CC(C)(C2)C1. The van der Waals surface area contributed by atoms with Gasteiger partial charge in [0.15, 0.2) is 0 Å². The van der Waals surface area contributed by atoms with Crippen LogP contribution in [0, 0.1) is 23.2 Å². The van der Waals surface area contributed by atoms with Crippen LogP contribution in [0.2, 0.25) is 0 Å². The second-order valence-electron chi connectivity index (χ2n) is 7.42. The Balaban J connectivity index is 2.14. The fourth-order valence-corrected chi connectivity index (χ4v) is 4.58. The van der Waals surface area contributed by atoms with Crippen molar-refractivity contribution in [3.8, 4) is 0 Å². The fraction of sp³-hybridized carbons (Fsp3) is 1.00. The summed E-state index contributed by atoms with van der Waals surface area (Å²) in [5.74, 6) is 2.71. The predicted octanol–water partition coefficient (Wildman–Crippen LogP) is 3.97. The van der Waals surface area contributed by atoms with Crippen LogP contribution in [0.15, 0.2) is 0 Å². The average molecular weight is 223 g/mol. The van der Waals surface area contributed by atoms with Gasteiger partial charge in [-0.2, -0.15) is 0 Å². The van der Waals surface area contributed by atoms with Crippen molar-refractivity contribution in [2.45, 2.75) is 71.8 Å². The summed E-state index contributed by atoms with van der Waals surface area (Å²) in [6.07, 6.45) is 7.99. The summed E-state index contributed by atoms with van der Waals surface area (Å²) in [5, 5.41) is 0. The highest BCUT2D eigenvalue weighted by Crippen LogP contribution is 2.55. The maximum absolute atomic E-state index is 6.56. The van der Waals surface area contributed by atoms with Crippen molar-refractivity contribution >= 4 is 0 Å². The van der Waals surface area contributed by atoms with E-state index < -0.39 is 0 Å². The zero-order valence-corrected chi connectivity index (χ0v) is 11.6. The van der Waals surface area contributed by atoms with E-state index in [-0.39, 0.29) is 5.54 Å². The van der Waals surface area contributed by atoms with E-state index in [0.717, 1.165) is 24.2 Å². The maximum atomic E-state index is 6.56. The molecule has 2 aliphatic carbocycles. The minimum absolute atomic E-state index is 0.152. The lowest BCUT2D eigenvalue weighted by molar-refractivity contribution is -0.00418. The summed E-state index contributed by atoms with van der Waals surface area (Å²) in [6, 6.07) is 0. The fourth-order valence-electron chi connectivity index (χ4n) is 4.58. The Bertz CT molecular complexity index is 260. The van der Waals surface area contributed by atoms with Crippen LogP contribution in [0.1, 0.15) is 66.2 Å². The monoisotopic (exact) mass is 223 g/mol. The number of fused-ring (bicyclic) bond motifs is 2. The van der Waals surface area contributed by atoms with E-state index in [9.17, 15) is 0 Å². The van der Waals surface area contributed by atoms with Crippen LogP contribution in [0.3, 0.4) is 0 Å². The van der Waals surface area contributed by atoms with Crippen molar-refractivity contribution in [2.75, 3.05) is 0 Å². The number of hydrogen-bond acceptors (Lipinski definition) is 1. The molecule has 2 aliphatic rings. The number of hydrogen-bond donors (Lipinski definition) is 1. The quantitative estimate of drug-likeness (QED) is 0.753. The summed E-state index contributed by atoms with van der Waals surface area (Å²) < 4.78 is 0. The zero-order valence-electron chi connectivity index (χ0n) is 11.6. The third-order valence-corrected chi connectivity index (χ3v) is 5.29. The molecule has 1 nitrogen and oxygen atoms in total. The lowest BCUT2D eigenvalue weighted by Crippen LogP contribution is -2.53. The van der Waals surface area contributed by atoms with Gasteiger partial charge in [-0.1, -0.05) is 27.7 Å². The van der Waals surface area contributed by atoms with E-state index in [1.807, 2.05) is 0 Å². The molecule has 1 heteroatoms. The predicted molar refractivity (Wildman–Crippen MR) is 70.2 cm³/mol. The molecular formula is C15H29N. The molecule has 0 spiro atoms. The van der Waals surface area contributed by atoms with E-state index in [1.54, 1.807) is 0 Å². The molecule has 0 amide bonds. The summed E-state index contributed by atoms with van der Waals surface area (Å²) >= 11 is 0. The van der Waals surface area contributed by atoms with Crippen LogP contribution in [-0.2, 0) is 0 Å². The zero-order chi connectivity index (χ0) is 12.0. The van der Waals surface area contributed by atoms with Crippen molar-refractivity contribution in [3.63, 3.8) is 0 Å². The molecule has 94 valence electrons. The molecule has 2 rings (SSSR count).